The lowest BCUT2D eigenvalue weighted by molar-refractivity contribution is 0.256. The van der Waals surface area contributed by atoms with Gasteiger partial charge in [0.25, 0.3) is 0 Å². The van der Waals surface area contributed by atoms with Gasteiger partial charge in [-0.05, 0) is 36.5 Å². The van der Waals surface area contributed by atoms with Crippen molar-refractivity contribution in [3.05, 3.63) is 0 Å². The van der Waals surface area contributed by atoms with Crippen molar-refractivity contribution < 1.29 is 0 Å². The smallest absolute Gasteiger partial charge is 0.0269 e. The Morgan fingerprint density at radius 2 is 1.67 bits per heavy atom. The molecule has 72 valence electrons. The maximum absolute atomic E-state index is 2.44. The van der Waals surface area contributed by atoms with E-state index in [0.29, 0.717) is 0 Å². The van der Waals surface area contributed by atoms with Gasteiger partial charge in [0, 0.05) is 0 Å². The molecule has 0 saturated heterocycles. The minimum atomic E-state index is 0.782. The molecule has 0 spiro atoms. The van der Waals surface area contributed by atoms with Gasteiger partial charge in [0.2, 0.25) is 0 Å². The molecular formula is C12H24. The Labute approximate surface area is 77.7 Å². The van der Waals surface area contributed by atoms with Crippen LogP contribution in [0.4, 0.5) is 0 Å². The van der Waals surface area contributed by atoms with Gasteiger partial charge in [0.15, 0.2) is 0 Å². The van der Waals surface area contributed by atoms with Gasteiger partial charge in [-0.25, -0.2) is 0 Å². The quantitative estimate of drug-likeness (QED) is 0.575. The Bertz CT molecular complexity index is 133. The summed E-state index contributed by atoms with van der Waals surface area (Å²) in [5, 5.41) is 0. The molecule has 0 heteroatoms. The van der Waals surface area contributed by atoms with E-state index in [1.807, 2.05) is 0 Å². The zero-order valence-corrected chi connectivity index (χ0v) is 9.19. The third-order valence-electron chi connectivity index (χ3n) is 4.00. The van der Waals surface area contributed by atoms with E-state index in [4.69, 9.17) is 0 Å². The van der Waals surface area contributed by atoms with Crippen molar-refractivity contribution >= 4 is 0 Å². The first-order valence-corrected chi connectivity index (χ1v) is 5.64. The van der Waals surface area contributed by atoms with E-state index in [9.17, 15) is 0 Å². The Hall–Kier alpha value is 0. The second-order valence-corrected chi connectivity index (χ2v) is 4.89. The monoisotopic (exact) mass is 168 g/mol. The highest BCUT2D eigenvalue weighted by Gasteiger charge is 2.46. The van der Waals surface area contributed by atoms with Gasteiger partial charge in [-0.1, -0.05) is 40.5 Å². The first-order valence-electron chi connectivity index (χ1n) is 5.64. The summed E-state index contributed by atoms with van der Waals surface area (Å²) in [7, 11) is 0. The second kappa shape index (κ2) is 3.81. The van der Waals surface area contributed by atoms with E-state index in [1.54, 1.807) is 0 Å². The van der Waals surface area contributed by atoms with Crippen LogP contribution in [0.1, 0.15) is 59.8 Å². The number of hydrogen-bond donors (Lipinski definition) is 0. The summed E-state index contributed by atoms with van der Waals surface area (Å²) in [4.78, 5) is 0. The molecule has 0 N–H and O–H groups in total. The first-order chi connectivity index (χ1) is 5.64. The summed E-state index contributed by atoms with van der Waals surface area (Å²) in [6.45, 7) is 9.50. The molecule has 2 atom stereocenters. The largest absolute Gasteiger partial charge is 0.0651 e. The molecule has 0 radical (unpaired) electrons. The topological polar surface area (TPSA) is 0 Å². The predicted molar refractivity (Wildman–Crippen MR) is 55.2 cm³/mol. The lowest BCUT2D eigenvalue weighted by Gasteiger charge is -2.25. The molecule has 0 amide bonds. The third-order valence-corrected chi connectivity index (χ3v) is 4.00. The average molecular weight is 168 g/mol. The van der Waals surface area contributed by atoms with Crippen LogP contribution in [0.15, 0.2) is 0 Å². The molecule has 0 unspecified atom stereocenters. The average Bonchev–Trinajstić information content (AvgIpc) is 2.84. The lowest BCUT2D eigenvalue weighted by Crippen LogP contribution is -2.15. The van der Waals surface area contributed by atoms with Gasteiger partial charge >= 0.3 is 0 Å². The van der Waals surface area contributed by atoms with E-state index in [0.717, 1.165) is 17.3 Å². The van der Waals surface area contributed by atoms with E-state index >= 15 is 0 Å². The second-order valence-electron chi connectivity index (χ2n) is 4.89. The Kier molecular flexibility index (Phi) is 3.20. The van der Waals surface area contributed by atoms with Crippen LogP contribution in [0, 0.1) is 17.3 Å². The summed E-state index contributed by atoms with van der Waals surface area (Å²) >= 11 is 0. The van der Waals surface area contributed by atoms with Crippen LogP contribution in [-0.2, 0) is 0 Å². The van der Waals surface area contributed by atoms with Gasteiger partial charge in [-0.3, -0.25) is 0 Å². The molecule has 0 aromatic carbocycles. The Balaban J connectivity index is 2.39. The van der Waals surface area contributed by atoms with Crippen molar-refractivity contribution in [2.75, 3.05) is 0 Å². The normalized spacial score (nSPS) is 25.0. The molecule has 0 bridgehead atoms. The molecule has 1 aliphatic rings. The summed E-state index contributed by atoms with van der Waals surface area (Å²) < 4.78 is 0. The minimum absolute atomic E-state index is 0.782. The van der Waals surface area contributed by atoms with Gasteiger partial charge in [0.05, 0.1) is 0 Å². The number of hydrogen-bond acceptors (Lipinski definition) is 0. The Morgan fingerprint density at radius 1 is 1.08 bits per heavy atom. The maximum atomic E-state index is 2.44. The summed E-state index contributed by atoms with van der Waals surface area (Å²) in [5.41, 5.74) is 0.782. The molecule has 0 aromatic heterocycles. The molecule has 12 heavy (non-hydrogen) atoms. The fraction of sp³-hybridized carbons (Fsp3) is 1.00. The fourth-order valence-electron chi connectivity index (χ4n) is 2.33. The Morgan fingerprint density at radius 3 is 2.00 bits per heavy atom. The summed E-state index contributed by atoms with van der Waals surface area (Å²) in [5.74, 6) is 1.91. The predicted octanol–water partition coefficient (Wildman–Crippen LogP) is 4.25. The van der Waals surface area contributed by atoms with Crippen LogP contribution in [0.2, 0.25) is 0 Å². The van der Waals surface area contributed by atoms with Crippen molar-refractivity contribution in [1.82, 2.24) is 0 Å². The maximum Gasteiger partial charge on any atom is -0.0269 e. The van der Waals surface area contributed by atoms with Crippen molar-refractivity contribution in [3.63, 3.8) is 0 Å². The SMILES string of the molecule is CC[C@@H](C)CC1([C@H](C)CC)CC1. The zero-order valence-electron chi connectivity index (χ0n) is 9.19. The third kappa shape index (κ3) is 2.02. The number of rotatable bonds is 5. The van der Waals surface area contributed by atoms with Crippen molar-refractivity contribution in [2.24, 2.45) is 17.3 Å². The first kappa shape index (κ1) is 10.1. The van der Waals surface area contributed by atoms with Crippen LogP contribution in [-0.4, -0.2) is 0 Å². The molecule has 1 saturated carbocycles. The molecule has 0 heterocycles. The van der Waals surface area contributed by atoms with Gasteiger partial charge in [-0.2, -0.15) is 0 Å². The molecule has 0 aromatic rings. The van der Waals surface area contributed by atoms with Crippen LogP contribution < -0.4 is 0 Å². The summed E-state index contributed by atoms with van der Waals surface area (Å²) in [6, 6.07) is 0. The zero-order chi connectivity index (χ0) is 9.19. The molecule has 1 rings (SSSR count). The van der Waals surface area contributed by atoms with Gasteiger partial charge in [-0.15, -0.1) is 0 Å². The van der Waals surface area contributed by atoms with Crippen LogP contribution in [0.3, 0.4) is 0 Å². The highest BCUT2D eigenvalue weighted by molar-refractivity contribution is 4.96. The molecule has 1 aliphatic carbocycles. The van der Waals surface area contributed by atoms with E-state index in [2.05, 4.69) is 27.7 Å². The van der Waals surface area contributed by atoms with Crippen molar-refractivity contribution in [1.29, 1.82) is 0 Å². The lowest BCUT2D eigenvalue weighted by atomic mass is 9.81. The standard InChI is InChI=1S/C12H24/c1-5-10(3)9-12(7-8-12)11(4)6-2/h10-11H,5-9H2,1-4H3/t10-,11-/m1/s1. The van der Waals surface area contributed by atoms with E-state index in [1.165, 1.54) is 32.1 Å². The van der Waals surface area contributed by atoms with E-state index < -0.39 is 0 Å². The van der Waals surface area contributed by atoms with Gasteiger partial charge in [0.1, 0.15) is 0 Å². The van der Waals surface area contributed by atoms with Crippen LogP contribution in [0.25, 0.3) is 0 Å². The minimum Gasteiger partial charge on any atom is -0.0651 e. The molecular weight excluding hydrogens is 144 g/mol. The van der Waals surface area contributed by atoms with Gasteiger partial charge < -0.3 is 0 Å². The summed E-state index contributed by atoms with van der Waals surface area (Å²) in [6.07, 6.45) is 7.23. The highest BCUT2D eigenvalue weighted by atomic mass is 14.5. The molecule has 1 fully saturated rings. The van der Waals surface area contributed by atoms with Crippen LogP contribution in [0.5, 0.6) is 0 Å². The van der Waals surface area contributed by atoms with Crippen molar-refractivity contribution in [3.8, 4) is 0 Å². The van der Waals surface area contributed by atoms with Crippen LogP contribution >= 0.6 is 0 Å². The molecule has 0 aliphatic heterocycles. The highest BCUT2D eigenvalue weighted by Crippen LogP contribution is 2.57. The fourth-order valence-corrected chi connectivity index (χ4v) is 2.33. The van der Waals surface area contributed by atoms with Crippen molar-refractivity contribution in [2.45, 2.75) is 59.8 Å². The molecule has 0 nitrogen and oxygen atoms in total. The van der Waals surface area contributed by atoms with E-state index in [-0.39, 0.29) is 0 Å².